The van der Waals surface area contributed by atoms with Gasteiger partial charge in [-0.2, -0.15) is 0 Å². The number of fused-ring (bicyclic) bond motifs is 3. The predicted octanol–water partition coefficient (Wildman–Crippen LogP) is 4.14. The number of benzene rings is 2. The van der Waals surface area contributed by atoms with Gasteiger partial charge < -0.3 is 20.0 Å². The molecule has 0 fully saturated rings. The molecule has 1 heterocycles. The summed E-state index contributed by atoms with van der Waals surface area (Å²) in [7, 11) is 0. The Hall–Kier alpha value is -3.72. The van der Waals surface area contributed by atoms with Crippen LogP contribution in [0.25, 0.3) is 11.1 Å². The van der Waals surface area contributed by atoms with Crippen molar-refractivity contribution in [1.82, 2.24) is 4.98 Å². The molecule has 0 atom stereocenters. The lowest BCUT2D eigenvalue weighted by Gasteiger charge is -2.20. The van der Waals surface area contributed by atoms with Crippen molar-refractivity contribution in [2.24, 2.45) is 5.16 Å². The minimum atomic E-state index is -1.41. The van der Waals surface area contributed by atoms with Gasteiger partial charge in [-0.1, -0.05) is 53.7 Å². The Balaban J connectivity index is 1.57. The highest BCUT2D eigenvalue weighted by molar-refractivity contribution is 7.13. The van der Waals surface area contributed by atoms with Gasteiger partial charge in [0, 0.05) is 11.3 Å². The molecule has 2 aromatic carbocycles. The Morgan fingerprint density at radius 2 is 1.68 bits per heavy atom. The van der Waals surface area contributed by atoms with Crippen molar-refractivity contribution >= 4 is 34.1 Å². The van der Waals surface area contributed by atoms with Crippen molar-refractivity contribution in [3.8, 4) is 11.1 Å². The number of anilines is 1. The van der Waals surface area contributed by atoms with E-state index in [0.717, 1.165) is 33.6 Å². The summed E-state index contributed by atoms with van der Waals surface area (Å²) in [5.41, 5.74) is 8.80. The van der Waals surface area contributed by atoms with Crippen LogP contribution >= 0.6 is 11.3 Å². The first-order chi connectivity index (χ1) is 16.3. The fourth-order valence-electron chi connectivity index (χ4n) is 3.75. The zero-order valence-electron chi connectivity index (χ0n) is 19.1. The summed E-state index contributed by atoms with van der Waals surface area (Å²) in [6.45, 7) is 4.99. The quantitative estimate of drug-likeness (QED) is 0.293. The van der Waals surface area contributed by atoms with Crippen LogP contribution in [0.1, 0.15) is 43.5 Å². The number of hydrogen-bond donors (Lipinski definition) is 1. The lowest BCUT2D eigenvalue weighted by molar-refractivity contribution is -0.168. The van der Waals surface area contributed by atoms with Crippen molar-refractivity contribution in [1.29, 1.82) is 0 Å². The smallest absolute Gasteiger partial charge is 0.362 e. The summed E-state index contributed by atoms with van der Waals surface area (Å²) in [5.74, 6) is -1.45. The van der Waals surface area contributed by atoms with Crippen LogP contribution in [0.15, 0.2) is 59.1 Å². The SMILES string of the molecule is CCOC(=O)C(C)(C)ON=C(C(=O)OCC1c2ccccc2-c2ccccc21)c1csc(N)n1. The van der Waals surface area contributed by atoms with Crippen LogP contribution in [0.5, 0.6) is 0 Å². The van der Waals surface area contributed by atoms with E-state index in [1.165, 1.54) is 13.8 Å². The molecule has 0 bridgehead atoms. The van der Waals surface area contributed by atoms with Gasteiger partial charge in [-0.05, 0) is 43.0 Å². The number of aromatic nitrogens is 1. The highest BCUT2D eigenvalue weighted by Gasteiger charge is 2.34. The molecule has 3 aromatic rings. The Kier molecular flexibility index (Phi) is 6.65. The number of carbonyl (C=O) groups is 2. The lowest BCUT2D eigenvalue weighted by Crippen LogP contribution is -2.36. The second kappa shape index (κ2) is 9.64. The maximum absolute atomic E-state index is 13.1. The van der Waals surface area contributed by atoms with E-state index in [1.54, 1.807) is 12.3 Å². The van der Waals surface area contributed by atoms with Gasteiger partial charge in [0.15, 0.2) is 5.13 Å². The molecule has 34 heavy (non-hydrogen) atoms. The van der Waals surface area contributed by atoms with Gasteiger partial charge in [-0.25, -0.2) is 14.6 Å². The first-order valence-electron chi connectivity index (χ1n) is 10.8. The monoisotopic (exact) mass is 479 g/mol. The highest BCUT2D eigenvalue weighted by atomic mass is 32.1. The zero-order chi connectivity index (χ0) is 24.3. The lowest BCUT2D eigenvalue weighted by atomic mass is 9.98. The van der Waals surface area contributed by atoms with Crippen LogP contribution in [0.4, 0.5) is 5.13 Å². The van der Waals surface area contributed by atoms with Crippen LogP contribution in [-0.4, -0.2) is 41.4 Å². The summed E-state index contributed by atoms with van der Waals surface area (Å²) in [6.07, 6.45) is 0. The molecule has 1 aliphatic rings. The van der Waals surface area contributed by atoms with Crippen LogP contribution in [0.2, 0.25) is 0 Å². The Bertz CT molecular complexity index is 1210. The molecule has 0 saturated heterocycles. The van der Waals surface area contributed by atoms with E-state index in [4.69, 9.17) is 20.0 Å². The summed E-state index contributed by atoms with van der Waals surface area (Å²) >= 11 is 1.15. The Labute approximate surface area is 201 Å². The van der Waals surface area contributed by atoms with E-state index in [-0.39, 0.29) is 35.7 Å². The summed E-state index contributed by atoms with van der Waals surface area (Å²) < 4.78 is 10.7. The predicted molar refractivity (Wildman–Crippen MR) is 130 cm³/mol. The normalized spacial score (nSPS) is 13.2. The fraction of sp³-hybridized carbons (Fsp3) is 0.280. The van der Waals surface area contributed by atoms with Gasteiger partial charge >= 0.3 is 11.9 Å². The van der Waals surface area contributed by atoms with Crippen molar-refractivity contribution < 1.29 is 23.9 Å². The molecule has 4 rings (SSSR count). The van der Waals surface area contributed by atoms with E-state index in [9.17, 15) is 9.59 Å². The van der Waals surface area contributed by atoms with Crippen LogP contribution in [-0.2, 0) is 23.9 Å². The maximum Gasteiger partial charge on any atom is 0.362 e. The molecule has 0 saturated carbocycles. The van der Waals surface area contributed by atoms with Crippen molar-refractivity contribution in [3.63, 3.8) is 0 Å². The Morgan fingerprint density at radius 1 is 1.06 bits per heavy atom. The van der Waals surface area contributed by atoms with Gasteiger partial charge in [0.1, 0.15) is 12.3 Å². The summed E-state index contributed by atoms with van der Waals surface area (Å²) in [5, 5.41) is 5.79. The number of esters is 2. The highest BCUT2D eigenvalue weighted by Crippen LogP contribution is 2.44. The summed E-state index contributed by atoms with van der Waals surface area (Å²) in [4.78, 5) is 34.8. The van der Waals surface area contributed by atoms with Gasteiger partial charge in [0.2, 0.25) is 11.3 Å². The van der Waals surface area contributed by atoms with E-state index in [0.29, 0.717) is 0 Å². The minimum absolute atomic E-state index is 0.104. The maximum atomic E-state index is 13.1. The third-order valence-electron chi connectivity index (χ3n) is 5.43. The van der Waals surface area contributed by atoms with Crippen molar-refractivity contribution in [2.45, 2.75) is 32.3 Å². The molecule has 0 radical (unpaired) electrons. The van der Waals surface area contributed by atoms with Gasteiger partial charge in [-0.15, -0.1) is 11.3 Å². The summed E-state index contributed by atoms with van der Waals surface area (Å²) in [6, 6.07) is 16.1. The third-order valence-corrected chi connectivity index (χ3v) is 6.11. The first-order valence-corrected chi connectivity index (χ1v) is 11.7. The molecular weight excluding hydrogens is 454 g/mol. The molecule has 0 unspecified atom stereocenters. The standard InChI is InChI=1S/C25H25N3O5S/c1-4-31-23(30)25(2,3)33-28-21(20-14-34-24(26)27-20)22(29)32-13-19-17-11-7-5-9-15(17)16-10-6-8-12-18(16)19/h5-12,14,19H,4,13H2,1-3H3,(H2,26,27). The van der Waals surface area contributed by atoms with E-state index in [1.807, 2.05) is 36.4 Å². The number of rotatable bonds is 8. The average molecular weight is 480 g/mol. The van der Waals surface area contributed by atoms with Crippen LogP contribution in [0, 0.1) is 0 Å². The van der Waals surface area contributed by atoms with Gasteiger partial charge in [0.25, 0.3) is 0 Å². The first kappa shape index (κ1) is 23.4. The zero-order valence-corrected chi connectivity index (χ0v) is 19.9. The number of nitrogens with zero attached hydrogens (tertiary/aromatic N) is 2. The number of nitrogens with two attached hydrogens (primary N) is 1. The van der Waals surface area contributed by atoms with Crippen molar-refractivity contribution in [2.75, 3.05) is 18.9 Å². The molecular formula is C25H25N3O5S. The minimum Gasteiger partial charge on any atom is -0.463 e. The number of thiazole rings is 1. The second-order valence-electron chi connectivity index (χ2n) is 8.16. The Morgan fingerprint density at radius 3 is 2.24 bits per heavy atom. The van der Waals surface area contributed by atoms with E-state index in [2.05, 4.69) is 22.3 Å². The number of oxime groups is 1. The molecule has 0 spiro atoms. The van der Waals surface area contributed by atoms with Crippen LogP contribution < -0.4 is 5.73 Å². The van der Waals surface area contributed by atoms with E-state index >= 15 is 0 Å². The third kappa shape index (κ3) is 4.65. The molecule has 9 heteroatoms. The molecule has 0 aliphatic heterocycles. The van der Waals surface area contributed by atoms with Gasteiger partial charge in [0.05, 0.1) is 6.61 Å². The largest absolute Gasteiger partial charge is 0.463 e. The molecule has 176 valence electrons. The molecule has 0 amide bonds. The van der Waals surface area contributed by atoms with Crippen molar-refractivity contribution in [3.05, 3.63) is 70.7 Å². The number of ether oxygens (including phenoxy) is 2. The molecule has 1 aromatic heterocycles. The molecule has 8 nitrogen and oxygen atoms in total. The topological polar surface area (TPSA) is 113 Å². The second-order valence-corrected chi connectivity index (χ2v) is 9.05. The number of hydrogen-bond acceptors (Lipinski definition) is 9. The average Bonchev–Trinajstić information content (AvgIpc) is 3.39. The number of carbonyl (C=O) groups excluding carboxylic acids is 2. The fourth-order valence-corrected chi connectivity index (χ4v) is 4.30. The van der Waals surface area contributed by atoms with Gasteiger partial charge in [-0.3, -0.25) is 0 Å². The molecule has 2 N–H and O–H groups in total. The van der Waals surface area contributed by atoms with E-state index < -0.39 is 17.5 Å². The number of nitrogen functional groups attached to an aromatic ring is 1. The van der Waals surface area contributed by atoms with Crippen LogP contribution in [0.3, 0.4) is 0 Å². The molecule has 1 aliphatic carbocycles.